The number of hydrogen-bond donors (Lipinski definition) is 3. The van der Waals surface area contributed by atoms with Crippen molar-refractivity contribution in [2.75, 3.05) is 6.54 Å². The number of rotatable bonds is 7. The number of carbonyl (C=O) groups excluding carboxylic acids is 2. The summed E-state index contributed by atoms with van der Waals surface area (Å²) in [7, 11) is 0. The van der Waals surface area contributed by atoms with E-state index in [1.807, 2.05) is 0 Å². The highest BCUT2D eigenvalue weighted by molar-refractivity contribution is 6.08. The molecule has 1 heterocycles. The van der Waals surface area contributed by atoms with Crippen LogP contribution in [0.4, 0.5) is 10.5 Å². The number of carbonyl (C=O) groups is 3. The molecule has 1 aliphatic heterocycles. The average Bonchev–Trinajstić information content (AvgIpc) is 2.90. The van der Waals surface area contributed by atoms with E-state index in [9.17, 15) is 24.5 Å². The number of carboxylic acids is 1. The Kier molecular flexibility index (Phi) is 5.43. The standard InChI is InChI=1S/C20H19N5O6/c1-20(14-6-4-13(5-7-14)17(21)22)18(28)23(11-16(26)27)19(29)24(20)10-12-2-8-15(9-3-12)25(30)31/h2-9H,10-11H2,1H3,(H3,21,22)(H,26,27)/t20-/m0/s1. The van der Waals surface area contributed by atoms with Crippen LogP contribution in [0.25, 0.3) is 0 Å². The third-order valence-electron chi connectivity index (χ3n) is 5.20. The Hall–Kier alpha value is -4.28. The second-order valence-corrected chi connectivity index (χ2v) is 7.14. The number of amidine groups is 1. The van der Waals surface area contributed by atoms with E-state index in [-0.39, 0.29) is 18.1 Å². The van der Waals surface area contributed by atoms with Crippen molar-refractivity contribution in [3.8, 4) is 0 Å². The molecule has 11 nitrogen and oxygen atoms in total. The highest BCUT2D eigenvalue weighted by Gasteiger charge is 2.55. The van der Waals surface area contributed by atoms with Crippen LogP contribution in [0, 0.1) is 15.5 Å². The maximum absolute atomic E-state index is 13.2. The van der Waals surface area contributed by atoms with Gasteiger partial charge in [0.2, 0.25) is 0 Å². The fourth-order valence-corrected chi connectivity index (χ4v) is 3.46. The molecule has 0 aromatic heterocycles. The molecule has 2 aromatic rings. The zero-order valence-electron chi connectivity index (χ0n) is 16.4. The van der Waals surface area contributed by atoms with Crippen LogP contribution in [0.3, 0.4) is 0 Å². The fourth-order valence-electron chi connectivity index (χ4n) is 3.46. The van der Waals surface area contributed by atoms with Crippen molar-refractivity contribution in [1.82, 2.24) is 9.80 Å². The monoisotopic (exact) mass is 425 g/mol. The first kappa shape index (κ1) is 21.4. The molecule has 11 heteroatoms. The maximum atomic E-state index is 13.2. The maximum Gasteiger partial charge on any atom is 0.328 e. The number of nitro groups is 1. The molecule has 0 radical (unpaired) electrons. The van der Waals surface area contributed by atoms with Gasteiger partial charge < -0.3 is 15.7 Å². The van der Waals surface area contributed by atoms with Crippen LogP contribution < -0.4 is 5.73 Å². The number of urea groups is 1. The summed E-state index contributed by atoms with van der Waals surface area (Å²) >= 11 is 0. The second kappa shape index (κ2) is 7.86. The van der Waals surface area contributed by atoms with E-state index >= 15 is 0 Å². The van der Waals surface area contributed by atoms with Crippen LogP contribution in [0.2, 0.25) is 0 Å². The Morgan fingerprint density at radius 3 is 2.23 bits per heavy atom. The van der Waals surface area contributed by atoms with Gasteiger partial charge in [0, 0.05) is 24.2 Å². The van der Waals surface area contributed by atoms with Crippen LogP contribution in [-0.2, 0) is 21.7 Å². The molecule has 0 saturated carbocycles. The number of nitro benzene ring substituents is 1. The van der Waals surface area contributed by atoms with Crippen molar-refractivity contribution < 1.29 is 24.4 Å². The highest BCUT2D eigenvalue weighted by Crippen LogP contribution is 2.38. The lowest BCUT2D eigenvalue weighted by Crippen LogP contribution is -2.44. The molecule has 1 fully saturated rings. The minimum Gasteiger partial charge on any atom is -0.480 e. The van der Waals surface area contributed by atoms with E-state index in [1.54, 1.807) is 12.1 Å². The predicted molar refractivity (Wildman–Crippen MR) is 108 cm³/mol. The van der Waals surface area contributed by atoms with Crippen LogP contribution in [0.15, 0.2) is 48.5 Å². The Morgan fingerprint density at radius 1 is 1.16 bits per heavy atom. The van der Waals surface area contributed by atoms with Gasteiger partial charge in [-0.15, -0.1) is 0 Å². The van der Waals surface area contributed by atoms with Crippen LogP contribution in [0.1, 0.15) is 23.6 Å². The number of hydrogen-bond acceptors (Lipinski definition) is 6. The van der Waals surface area contributed by atoms with E-state index in [0.29, 0.717) is 21.6 Å². The first-order chi connectivity index (χ1) is 14.6. The van der Waals surface area contributed by atoms with Crippen molar-refractivity contribution in [1.29, 1.82) is 5.41 Å². The number of carboxylic acid groups (broad SMARTS) is 1. The largest absolute Gasteiger partial charge is 0.480 e. The topological polar surface area (TPSA) is 171 Å². The molecule has 3 rings (SSSR count). The molecule has 1 aliphatic rings. The Morgan fingerprint density at radius 2 is 1.74 bits per heavy atom. The van der Waals surface area contributed by atoms with Gasteiger partial charge in [0.15, 0.2) is 0 Å². The lowest BCUT2D eigenvalue weighted by molar-refractivity contribution is -0.384. The molecular weight excluding hydrogens is 406 g/mol. The van der Waals surface area contributed by atoms with Gasteiger partial charge in [-0.2, -0.15) is 0 Å². The lowest BCUT2D eigenvalue weighted by atomic mass is 9.89. The number of nitrogens with zero attached hydrogens (tertiary/aromatic N) is 3. The fraction of sp³-hybridized carbons (Fsp3) is 0.200. The Balaban J connectivity index is 2.04. The highest BCUT2D eigenvalue weighted by atomic mass is 16.6. The number of non-ortho nitro benzene ring substituents is 1. The van der Waals surface area contributed by atoms with E-state index in [4.69, 9.17) is 16.2 Å². The Labute approximate surface area is 176 Å². The quantitative estimate of drug-likeness (QED) is 0.199. The first-order valence-electron chi connectivity index (χ1n) is 9.09. The molecule has 31 heavy (non-hydrogen) atoms. The molecule has 2 aromatic carbocycles. The molecule has 0 unspecified atom stereocenters. The van der Waals surface area contributed by atoms with Gasteiger partial charge in [-0.05, 0) is 18.1 Å². The second-order valence-electron chi connectivity index (χ2n) is 7.14. The van der Waals surface area contributed by atoms with E-state index in [0.717, 1.165) is 0 Å². The number of nitrogens with two attached hydrogens (primary N) is 1. The zero-order valence-corrected chi connectivity index (χ0v) is 16.4. The molecular formula is C20H19N5O6. The van der Waals surface area contributed by atoms with Gasteiger partial charge in [0.1, 0.15) is 17.9 Å². The van der Waals surface area contributed by atoms with E-state index in [1.165, 1.54) is 48.2 Å². The third-order valence-corrected chi connectivity index (χ3v) is 5.20. The smallest absolute Gasteiger partial charge is 0.328 e. The number of benzene rings is 2. The van der Waals surface area contributed by atoms with Crippen molar-refractivity contribution in [3.63, 3.8) is 0 Å². The van der Waals surface area contributed by atoms with Gasteiger partial charge in [0.05, 0.1) is 4.92 Å². The minimum atomic E-state index is -1.52. The van der Waals surface area contributed by atoms with Gasteiger partial charge in [-0.25, -0.2) is 4.79 Å². The van der Waals surface area contributed by atoms with Gasteiger partial charge in [-0.1, -0.05) is 36.4 Å². The molecule has 0 spiro atoms. The minimum absolute atomic E-state index is 0.0797. The number of nitrogen functional groups attached to an aromatic ring is 1. The van der Waals surface area contributed by atoms with Crippen molar-refractivity contribution >= 4 is 29.4 Å². The van der Waals surface area contributed by atoms with Crippen molar-refractivity contribution in [3.05, 3.63) is 75.3 Å². The molecule has 0 bridgehead atoms. The van der Waals surface area contributed by atoms with Gasteiger partial charge >= 0.3 is 12.0 Å². The summed E-state index contributed by atoms with van der Waals surface area (Å²) < 4.78 is 0. The summed E-state index contributed by atoms with van der Waals surface area (Å²) in [4.78, 5) is 49.6. The number of imide groups is 1. The van der Waals surface area contributed by atoms with Crippen molar-refractivity contribution in [2.24, 2.45) is 5.73 Å². The van der Waals surface area contributed by atoms with E-state index in [2.05, 4.69) is 0 Å². The Bertz CT molecular complexity index is 1080. The van der Waals surface area contributed by atoms with Crippen LogP contribution in [-0.4, -0.2) is 50.1 Å². The molecule has 1 atom stereocenters. The summed E-state index contributed by atoms with van der Waals surface area (Å²) in [6, 6.07) is 10.9. The van der Waals surface area contributed by atoms with Crippen LogP contribution >= 0.6 is 0 Å². The normalized spacial score (nSPS) is 18.4. The summed E-state index contributed by atoms with van der Waals surface area (Å²) in [6.45, 7) is 0.627. The molecule has 3 amide bonds. The SMILES string of the molecule is C[C@]1(c2ccc(C(=N)N)cc2)C(=O)N(CC(=O)O)C(=O)N1Cc1ccc([N+](=O)[O-])cc1. The van der Waals surface area contributed by atoms with Crippen molar-refractivity contribution in [2.45, 2.75) is 19.0 Å². The third kappa shape index (κ3) is 3.80. The number of nitrogens with one attached hydrogen (secondary N) is 1. The lowest BCUT2D eigenvalue weighted by Gasteiger charge is -2.32. The number of aliphatic carboxylic acids is 1. The zero-order chi connectivity index (χ0) is 22.9. The van der Waals surface area contributed by atoms with Gasteiger partial charge in [0.25, 0.3) is 11.6 Å². The summed E-state index contributed by atoms with van der Waals surface area (Å²) in [5, 5.41) is 27.5. The van der Waals surface area contributed by atoms with Crippen LogP contribution in [0.5, 0.6) is 0 Å². The van der Waals surface area contributed by atoms with E-state index < -0.39 is 34.9 Å². The molecule has 0 aliphatic carbocycles. The molecule has 1 saturated heterocycles. The number of amides is 3. The van der Waals surface area contributed by atoms with Gasteiger partial charge in [-0.3, -0.25) is 30.0 Å². The summed E-state index contributed by atoms with van der Waals surface area (Å²) in [6.07, 6.45) is 0. The summed E-state index contributed by atoms with van der Waals surface area (Å²) in [5.41, 5.74) is 5.18. The average molecular weight is 425 g/mol. The summed E-state index contributed by atoms with van der Waals surface area (Å²) in [5.74, 6) is -2.22. The first-order valence-corrected chi connectivity index (χ1v) is 9.09. The molecule has 4 N–H and O–H groups in total. The predicted octanol–water partition coefficient (Wildman–Crippen LogP) is 1.64. The molecule has 160 valence electrons.